The van der Waals surface area contributed by atoms with Crippen LogP contribution in [0, 0.1) is 5.92 Å². The Kier molecular flexibility index (Phi) is 14.5. The molecule has 0 aliphatic carbocycles. The van der Waals surface area contributed by atoms with E-state index in [4.69, 9.17) is 18.9 Å². The van der Waals surface area contributed by atoms with Crippen LogP contribution in [0.2, 0.25) is 0 Å². The van der Waals surface area contributed by atoms with Gasteiger partial charge in [-0.15, -0.1) is 0 Å². The molecule has 0 heterocycles. The number of rotatable bonds is 14. The van der Waals surface area contributed by atoms with Crippen molar-refractivity contribution in [1.82, 2.24) is 0 Å². The first-order chi connectivity index (χ1) is 21.4. The lowest BCUT2D eigenvalue weighted by molar-refractivity contribution is -0.145. The van der Waals surface area contributed by atoms with Gasteiger partial charge in [0.25, 0.3) is 0 Å². The summed E-state index contributed by atoms with van der Waals surface area (Å²) in [5.74, 6) is 1.45. The van der Waals surface area contributed by atoms with E-state index >= 15 is 0 Å². The summed E-state index contributed by atoms with van der Waals surface area (Å²) in [6.07, 6.45) is 1.08. The maximum Gasteiger partial charge on any atom is 0.313 e. The molecule has 1 unspecified atom stereocenters. The molecule has 4 aromatic carbocycles. The molecule has 0 saturated heterocycles. The van der Waals surface area contributed by atoms with Crippen LogP contribution in [0.5, 0.6) is 11.5 Å². The van der Waals surface area contributed by atoms with Crippen LogP contribution >= 0.6 is 0 Å². The highest BCUT2D eigenvalue weighted by Crippen LogP contribution is 2.27. The molecule has 0 amide bonds. The number of hydrogen-bond donors (Lipinski definition) is 0. The summed E-state index contributed by atoms with van der Waals surface area (Å²) >= 11 is 0. The molecule has 0 saturated carbocycles. The van der Waals surface area contributed by atoms with Gasteiger partial charge in [-0.2, -0.15) is 0 Å². The Bertz CT molecular complexity index is 1370. The minimum Gasteiger partial charge on any atom is -0.489 e. The number of carbonyl (C=O) groups is 2. The topological polar surface area (TPSA) is 71.1 Å². The first kappa shape index (κ1) is 33.9. The zero-order chi connectivity index (χ0) is 31.6. The fourth-order valence-electron chi connectivity index (χ4n) is 4.44. The summed E-state index contributed by atoms with van der Waals surface area (Å²) in [6, 6.07) is 35.3. The Morgan fingerprint density at radius 1 is 0.591 bits per heavy atom. The molecule has 6 nitrogen and oxygen atoms in total. The average molecular weight is 597 g/mol. The molecule has 0 fully saturated rings. The van der Waals surface area contributed by atoms with E-state index in [1.807, 2.05) is 116 Å². The van der Waals surface area contributed by atoms with E-state index in [1.165, 1.54) is 0 Å². The second-order valence-electron chi connectivity index (χ2n) is 10.7. The molecule has 0 aliphatic heterocycles. The van der Waals surface area contributed by atoms with Gasteiger partial charge >= 0.3 is 11.9 Å². The Morgan fingerprint density at radius 3 is 1.52 bits per heavy atom. The van der Waals surface area contributed by atoms with Gasteiger partial charge in [0.15, 0.2) is 0 Å². The summed E-state index contributed by atoms with van der Waals surface area (Å²) in [6.45, 7) is 9.77. The fraction of sp³-hybridized carbons (Fsp3) is 0.316. The smallest absolute Gasteiger partial charge is 0.313 e. The van der Waals surface area contributed by atoms with Gasteiger partial charge in [0.2, 0.25) is 0 Å². The predicted octanol–water partition coefficient (Wildman–Crippen LogP) is 8.33. The van der Waals surface area contributed by atoms with Crippen LogP contribution in [0.15, 0.2) is 109 Å². The van der Waals surface area contributed by atoms with Crippen molar-refractivity contribution in [2.45, 2.75) is 59.7 Å². The molecule has 0 aliphatic rings. The molecule has 0 bridgehead atoms. The van der Waals surface area contributed by atoms with Crippen molar-refractivity contribution in [2.24, 2.45) is 5.92 Å². The molecule has 0 N–H and O–H groups in total. The highest BCUT2D eigenvalue weighted by molar-refractivity contribution is 5.78. The minimum atomic E-state index is -0.215. The van der Waals surface area contributed by atoms with E-state index in [1.54, 1.807) is 6.92 Å². The van der Waals surface area contributed by atoms with E-state index in [2.05, 4.69) is 13.8 Å². The van der Waals surface area contributed by atoms with Crippen molar-refractivity contribution >= 4 is 11.9 Å². The Balaban J connectivity index is 0.000000244. The fourth-order valence-corrected chi connectivity index (χ4v) is 4.44. The average Bonchev–Trinajstić information content (AvgIpc) is 3.04. The van der Waals surface area contributed by atoms with Gasteiger partial charge in [-0.05, 0) is 72.7 Å². The van der Waals surface area contributed by atoms with Crippen molar-refractivity contribution in [1.29, 1.82) is 0 Å². The normalized spacial score (nSPS) is 11.1. The van der Waals surface area contributed by atoms with Crippen molar-refractivity contribution in [3.05, 3.63) is 131 Å². The van der Waals surface area contributed by atoms with Gasteiger partial charge in [-0.25, -0.2) is 0 Å². The summed E-state index contributed by atoms with van der Waals surface area (Å²) in [5.41, 5.74) is 4.17. The van der Waals surface area contributed by atoms with Crippen molar-refractivity contribution in [3.8, 4) is 11.5 Å². The molecule has 0 aromatic heterocycles. The van der Waals surface area contributed by atoms with Crippen LogP contribution in [0.1, 0.15) is 62.3 Å². The SMILES string of the molecule is CCOC(=O)C(CC(C)C)c1ccc(OCc2ccccc2)cc1.CCOC(=O)Cc1ccc(OCc2ccccc2)cc1. The van der Waals surface area contributed by atoms with Gasteiger partial charge < -0.3 is 18.9 Å². The first-order valence-corrected chi connectivity index (χ1v) is 15.2. The second kappa shape index (κ2) is 18.9. The van der Waals surface area contributed by atoms with E-state index in [0.717, 1.165) is 40.2 Å². The summed E-state index contributed by atoms with van der Waals surface area (Å²) in [4.78, 5) is 23.6. The third kappa shape index (κ3) is 12.3. The summed E-state index contributed by atoms with van der Waals surface area (Å²) in [7, 11) is 0. The number of ether oxygens (including phenoxy) is 4. The molecule has 0 radical (unpaired) electrons. The number of esters is 2. The van der Waals surface area contributed by atoms with Crippen LogP contribution < -0.4 is 9.47 Å². The zero-order valence-corrected chi connectivity index (χ0v) is 26.2. The van der Waals surface area contributed by atoms with Crippen LogP contribution in [0.3, 0.4) is 0 Å². The lowest BCUT2D eigenvalue weighted by atomic mass is 9.90. The van der Waals surface area contributed by atoms with Gasteiger partial charge in [0, 0.05) is 0 Å². The van der Waals surface area contributed by atoms with E-state index in [0.29, 0.717) is 38.8 Å². The van der Waals surface area contributed by atoms with E-state index < -0.39 is 0 Å². The first-order valence-electron chi connectivity index (χ1n) is 15.2. The zero-order valence-electron chi connectivity index (χ0n) is 26.2. The molecular formula is C38H44O6. The molecule has 0 spiro atoms. The second-order valence-corrected chi connectivity index (χ2v) is 10.7. The largest absolute Gasteiger partial charge is 0.489 e. The van der Waals surface area contributed by atoms with Gasteiger partial charge in [0.1, 0.15) is 24.7 Å². The maximum absolute atomic E-state index is 12.2. The highest BCUT2D eigenvalue weighted by atomic mass is 16.5. The number of carbonyl (C=O) groups excluding carboxylic acids is 2. The third-order valence-electron chi connectivity index (χ3n) is 6.63. The van der Waals surface area contributed by atoms with Gasteiger partial charge in [0.05, 0.1) is 25.6 Å². The minimum absolute atomic E-state index is 0.149. The third-order valence-corrected chi connectivity index (χ3v) is 6.63. The van der Waals surface area contributed by atoms with Crippen LogP contribution in [-0.4, -0.2) is 25.2 Å². The van der Waals surface area contributed by atoms with Gasteiger partial charge in [-0.3, -0.25) is 9.59 Å². The summed E-state index contributed by atoms with van der Waals surface area (Å²) in [5, 5.41) is 0. The van der Waals surface area contributed by atoms with Gasteiger partial charge in [-0.1, -0.05) is 98.8 Å². The molecule has 6 heteroatoms. The molecule has 4 aromatic rings. The maximum atomic E-state index is 12.2. The van der Waals surface area contributed by atoms with Crippen LogP contribution in [0.4, 0.5) is 0 Å². The van der Waals surface area contributed by atoms with Crippen LogP contribution in [0.25, 0.3) is 0 Å². The van der Waals surface area contributed by atoms with E-state index in [-0.39, 0.29) is 17.9 Å². The van der Waals surface area contributed by atoms with E-state index in [9.17, 15) is 9.59 Å². The molecule has 4 rings (SSSR count). The van der Waals surface area contributed by atoms with Crippen molar-refractivity contribution in [3.63, 3.8) is 0 Å². The number of hydrogen-bond acceptors (Lipinski definition) is 6. The molecule has 232 valence electrons. The lowest BCUT2D eigenvalue weighted by Gasteiger charge is -2.18. The van der Waals surface area contributed by atoms with Crippen molar-refractivity contribution in [2.75, 3.05) is 13.2 Å². The number of benzene rings is 4. The Hall–Kier alpha value is -4.58. The quantitative estimate of drug-likeness (QED) is 0.136. The summed E-state index contributed by atoms with van der Waals surface area (Å²) < 4.78 is 21.6. The molecule has 44 heavy (non-hydrogen) atoms. The van der Waals surface area contributed by atoms with Crippen LogP contribution in [-0.2, 0) is 38.7 Å². The Morgan fingerprint density at radius 2 is 1.07 bits per heavy atom. The molecule has 1 atom stereocenters. The Labute approximate surface area is 261 Å². The molecular weight excluding hydrogens is 552 g/mol. The standard InChI is InChI=1S/C21H26O3.C17H18O3/c1-4-23-21(22)20(14-16(2)3)18-10-12-19(13-11-18)24-15-17-8-6-5-7-9-17;1-2-19-17(18)12-14-8-10-16(11-9-14)20-13-15-6-4-3-5-7-15/h5-13,16,20H,4,14-15H2,1-3H3;3-11H,2,12-13H2,1H3. The lowest BCUT2D eigenvalue weighted by Crippen LogP contribution is -2.17. The monoisotopic (exact) mass is 596 g/mol. The predicted molar refractivity (Wildman–Crippen MR) is 174 cm³/mol. The van der Waals surface area contributed by atoms with Crippen molar-refractivity contribution < 1.29 is 28.5 Å². The highest BCUT2D eigenvalue weighted by Gasteiger charge is 2.23.